The van der Waals surface area contributed by atoms with Crippen LogP contribution in [0.1, 0.15) is 0 Å². The van der Waals surface area contributed by atoms with Crippen molar-refractivity contribution in [1.82, 2.24) is 9.97 Å². The number of hydrogen-bond acceptors (Lipinski definition) is 6. The van der Waals surface area contributed by atoms with E-state index in [2.05, 4.69) is 14.7 Å². The molecule has 2 rings (SSSR count). The van der Waals surface area contributed by atoms with Crippen LogP contribution < -0.4 is 4.90 Å². The minimum absolute atomic E-state index is 0.361. The average Bonchev–Trinajstić information content (AvgIpc) is 2.39. The minimum atomic E-state index is -0.553. The molecule has 1 aromatic rings. The number of morpholine rings is 1. The molecule has 0 amide bonds. The Bertz CT molecular complexity index is 358. The van der Waals surface area contributed by atoms with E-state index in [-0.39, 0.29) is 5.97 Å². The van der Waals surface area contributed by atoms with Crippen molar-refractivity contribution in [2.75, 3.05) is 31.7 Å². The Hall–Kier alpha value is -1.69. The normalized spacial score (nSPS) is 20.6. The number of aromatic nitrogens is 2. The Labute approximate surface area is 93.2 Å². The van der Waals surface area contributed by atoms with Crippen molar-refractivity contribution in [3.8, 4) is 0 Å². The van der Waals surface area contributed by atoms with Crippen LogP contribution in [0.15, 0.2) is 18.5 Å². The van der Waals surface area contributed by atoms with Crippen molar-refractivity contribution in [1.29, 1.82) is 0 Å². The number of esters is 1. The van der Waals surface area contributed by atoms with E-state index in [4.69, 9.17) is 4.74 Å². The van der Waals surface area contributed by atoms with Gasteiger partial charge in [-0.2, -0.15) is 0 Å². The van der Waals surface area contributed by atoms with E-state index >= 15 is 0 Å². The molecule has 1 atom stereocenters. The van der Waals surface area contributed by atoms with Gasteiger partial charge in [0.2, 0.25) is 5.95 Å². The molecule has 0 aliphatic carbocycles. The zero-order valence-electron chi connectivity index (χ0n) is 9.00. The van der Waals surface area contributed by atoms with Gasteiger partial charge in [0.15, 0.2) is 6.10 Å². The fraction of sp³-hybridized carbons (Fsp3) is 0.500. The summed E-state index contributed by atoms with van der Waals surface area (Å²) >= 11 is 0. The second kappa shape index (κ2) is 4.89. The van der Waals surface area contributed by atoms with Crippen LogP contribution in [0.4, 0.5) is 5.95 Å². The van der Waals surface area contributed by atoms with Gasteiger partial charge in [0.1, 0.15) is 0 Å². The molecule has 1 aliphatic rings. The number of ether oxygens (including phenoxy) is 2. The molecule has 0 aromatic carbocycles. The van der Waals surface area contributed by atoms with Crippen LogP contribution in [0.3, 0.4) is 0 Å². The number of carbonyl (C=O) groups excluding carboxylic acids is 1. The van der Waals surface area contributed by atoms with Crippen LogP contribution in [0.25, 0.3) is 0 Å². The van der Waals surface area contributed by atoms with E-state index in [0.29, 0.717) is 25.6 Å². The maximum atomic E-state index is 11.3. The topological polar surface area (TPSA) is 64.5 Å². The van der Waals surface area contributed by atoms with Crippen molar-refractivity contribution < 1.29 is 14.3 Å². The first-order valence-corrected chi connectivity index (χ1v) is 5.02. The highest BCUT2D eigenvalue weighted by molar-refractivity contribution is 5.75. The number of nitrogens with zero attached hydrogens (tertiary/aromatic N) is 3. The van der Waals surface area contributed by atoms with E-state index in [1.807, 2.05) is 4.90 Å². The van der Waals surface area contributed by atoms with Gasteiger partial charge < -0.3 is 14.4 Å². The van der Waals surface area contributed by atoms with Crippen molar-refractivity contribution in [2.24, 2.45) is 0 Å². The molecule has 0 spiro atoms. The van der Waals surface area contributed by atoms with Crippen LogP contribution >= 0.6 is 0 Å². The third kappa shape index (κ3) is 2.27. The molecule has 16 heavy (non-hydrogen) atoms. The Morgan fingerprint density at radius 1 is 1.56 bits per heavy atom. The van der Waals surface area contributed by atoms with E-state index in [9.17, 15) is 4.79 Å². The molecule has 0 N–H and O–H groups in total. The van der Waals surface area contributed by atoms with E-state index in [0.717, 1.165) is 0 Å². The highest BCUT2D eigenvalue weighted by Gasteiger charge is 2.28. The van der Waals surface area contributed by atoms with Gasteiger partial charge in [-0.05, 0) is 6.07 Å². The molecule has 6 heteroatoms. The number of hydrogen-bond donors (Lipinski definition) is 0. The van der Waals surface area contributed by atoms with Crippen LogP contribution in [-0.4, -0.2) is 48.8 Å². The largest absolute Gasteiger partial charge is 0.467 e. The quantitative estimate of drug-likeness (QED) is 0.650. The summed E-state index contributed by atoms with van der Waals surface area (Å²) in [7, 11) is 1.35. The number of anilines is 1. The molecule has 6 nitrogen and oxygen atoms in total. The first-order valence-electron chi connectivity index (χ1n) is 5.02. The zero-order chi connectivity index (χ0) is 11.4. The molecule has 1 unspecified atom stereocenters. The Balaban J connectivity index is 2.05. The third-order valence-corrected chi connectivity index (χ3v) is 2.37. The average molecular weight is 223 g/mol. The summed E-state index contributed by atoms with van der Waals surface area (Å²) in [5.74, 6) is 0.250. The first kappa shape index (κ1) is 10.8. The molecular weight excluding hydrogens is 210 g/mol. The maximum Gasteiger partial charge on any atom is 0.336 e. The number of rotatable bonds is 2. The molecule has 2 heterocycles. The van der Waals surface area contributed by atoms with Gasteiger partial charge in [-0.25, -0.2) is 14.8 Å². The Morgan fingerprint density at radius 2 is 2.31 bits per heavy atom. The van der Waals surface area contributed by atoms with Gasteiger partial charge >= 0.3 is 5.97 Å². The molecule has 1 aromatic heterocycles. The summed E-state index contributed by atoms with van der Waals surface area (Å²) in [6.07, 6.45) is 2.79. The summed E-state index contributed by atoms with van der Waals surface area (Å²) in [5, 5.41) is 0. The van der Waals surface area contributed by atoms with Gasteiger partial charge in [0.25, 0.3) is 0 Å². The van der Waals surface area contributed by atoms with Gasteiger partial charge in [0, 0.05) is 18.9 Å². The second-order valence-electron chi connectivity index (χ2n) is 3.38. The van der Waals surface area contributed by atoms with Gasteiger partial charge in [-0.1, -0.05) is 0 Å². The fourth-order valence-electron chi connectivity index (χ4n) is 1.56. The summed E-state index contributed by atoms with van der Waals surface area (Å²) in [5.41, 5.74) is 0. The van der Waals surface area contributed by atoms with Crippen LogP contribution in [-0.2, 0) is 14.3 Å². The molecule has 1 aliphatic heterocycles. The highest BCUT2D eigenvalue weighted by Crippen LogP contribution is 2.12. The predicted molar refractivity (Wildman–Crippen MR) is 56.0 cm³/mol. The van der Waals surface area contributed by atoms with Crippen LogP contribution in [0.5, 0.6) is 0 Å². The highest BCUT2D eigenvalue weighted by atomic mass is 16.6. The predicted octanol–water partition coefficient (Wildman–Crippen LogP) is -0.145. The lowest BCUT2D eigenvalue weighted by atomic mass is 10.3. The monoisotopic (exact) mass is 223 g/mol. The van der Waals surface area contributed by atoms with E-state index < -0.39 is 6.10 Å². The fourth-order valence-corrected chi connectivity index (χ4v) is 1.56. The summed E-state index contributed by atoms with van der Waals surface area (Å²) in [6.45, 7) is 1.58. The minimum Gasteiger partial charge on any atom is -0.467 e. The molecule has 0 radical (unpaired) electrons. The second-order valence-corrected chi connectivity index (χ2v) is 3.38. The third-order valence-electron chi connectivity index (χ3n) is 2.37. The molecule has 1 saturated heterocycles. The lowest BCUT2D eigenvalue weighted by Crippen LogP contribution is -2.47. The van der Waals surface area contributed by atoms with Crippen LogP contribution in [0, 0.1) is 0 Å². The first-order chi connectivity index (χ1) is 7.81. The van der Waals surface area contributed by atoms with Crippen molar-refractivity contribution in [3.63, 3.8) is 0 Å². The smallest absolute Gasteiger partial charge is 0.336 e. The molecule has 1 fully saturated rings. The molecule has 0 bridgehead atoms. The number of carbonyl (C=O) groups is 1. The van der Waals surface area contributed by atoms with Crippen molar-refractivity contribution in [2.45, 2.75) is 6.10 Å². The van der Waals surface area contributed by atoms with Gasteiger partial charge in [0.05, 0.1) is 20.3 Å². The van der Waals surface area contributed by atoms with Crippen LogP contribution in [0.2, 0.25) is 0 Å². The summed E-state index contributed by atoms with van der Waals surface area (Å²) in [6, 6.07) is 1.75. The SMILES string of the molecule is COC(=O)C1CN(c2ncccn2)CCO1. The van der Waals surface area contributed by atoms with Gasteiger partial charge in [-0.15, -0.1) is 0 Å². The molecule has 0 saturated carbocycles. The lowest BCUT2D eigenvalue weighted by Gasteiger charge is -2.31. The number of methoxy groups -OCH3 is 1. The molecule has 86 valence electrons. The Kier molecular flexibility index (Phi) is 3.31. The van der Waals surface area contributed by atoms with Crippen molar-refractivity contribution >= 4 is 11.9 Å². The van der Waals surface area contributed by atoms with E-state index in [1.165, 1.54) is 7.11 Å². The lowest BCUT2D eigenvalue weighted by molar-refractivity contribution is -0.154. The zero-order valence-corrected chi connectivity index (χ0v) is 9.00. The van der Waals surface area contributed by atoms with E-state index in [1.54, 1.807) is 18.5 Å². The standard InChI is InChI=1S/C10H13N3O3/c1-15-9(14)8-7-13(5-6-16-8)10-11-3-2-4-12-10/h2-4,8H,5-7H2,1H3. The molecular formula is C10H13N3O3. The summed E-state index contributed by atoms with van der Waals surface area (Å²) < 4.78 is 9.95. The van der Waals surface area contributed by atoms with Crippen molar-refractivity contribution in [3.05, 3.63) is 18.5 Å². The van der Waals surface area contributed by atoms with Gasteiger partial charge in [-0.3, -0.25) is 0 Å². The Morgan fingerprint density at radius 3 is 3.00 bits per heavy atom. The maximum absolute atomic E-state index is 11.3. The summed E-state index contributed by atoms with van der Waals surface area (Å²) in [4.78, 5) is 21.5.